The molecule has 0 bridgehead atoms. The summed E-state index contributed by atoms with van der Waals surface area (Å²) >= 11 is 0. The Morgan fingerprint density at radius 3 is 2.82 bits per heavy atom. The molecule has 0 aromatic carbocycles. The number of Topliss-reactive ketones (excluding diaryl/α,β-unsaturated/α-hetero) is 1. The van der Waals surface area contributed by atoms with Gasteiger partial charge in [0.2, 0.25) is 0 Å². The number of carbonyl (C=O) groups is 1. The molecule has 0 N–H and O–H groups in total. The number of rotatable bonds is 5. The van der Waals surface area contributed by atoms with Gasteiger partial charge in [0.1, 0.15) is 5.78 Å². The van der Waals surface area contributed by atoms with E-state index in [-0.39, 0.29) is 11.4 Å². The average molecular weight is 233 g/mol. The number of pyridine rings is 1. The van der Waals surface area contributed by atoms with Gasteiger partial charge in [-0.3, -0.25) is 9.78 Å². The Labute approximate surface area is 102 Å². The molecule has 0 amide bonds. The largest absolute Gasteiger partial charge is 0.378 e. The maximum absolute atomic E-state index is 12.0. The summed E-state index contributed by atoms with van der Waals surface area (Å²) in [6.07, 6.45) is 5.89. The van der Waals surface area contributed by atoms with Crippen molar-refractivity contribution in [3.05, 3.63) is 29.6 Å². The van der Waals surface area contributed by atoms with Gasteiger partial charge in [-0.1, -0.05) is 6.07 Å². The van der Waals surface area contributed by atoms with E-state index in [0.717, 1.165) is 24.1 Å². The number of methoxy groups -OCH3 is 1. The molecule has 0 aliphatic heterocycles. The van der Waals surface area contributed by atoms with E-state index in [1.165, 1.54) is 6.42 Å². The van der Waals surface area contributed by atoms with Crippen LogP contribution in [0.3, 0.4) is 0 Å². The van der Waals surface area contributed by atoms with E-state index in [1.807, 2.05) is 19.1 Å². The summed E-state index contributed by atoms with van der Waals surface area (Å²) in [7, 11) is 1.71. The molecule has 1 heterocycles. The van der Waals surface area contributed by atoms with Gasteiger partial charge in [-0.15, -0.1) is 0 Å². The SMILES string of the molecule is COC1(CC(=O)Cc2ncccc2C)CCC1. The first-order valence-electron chi connectivity index (χ1n) is 6.12. The number of carbonyl (C=O) groups excluding carboxylic acids is 1. The minimum absolute atomic E-state index is 0.167. The fourth-order valence-corrected chi connectivity index (χ4v) is 2.34. The molecule has 17 heavy (non-hydrogen) atoms. The molecule has 1 aliphatic carbocycles. The van der Waals surface area contributed by atoms with E-state index in [9.17, 15) is 4.79 Å². The van der Waals surface area contributed by atoms with Gasteiger partial charge in [0, 0.05) is 26.1 Å². The zero-order chi connectivity index (χ0) is 12.3. The van der Waals surface area contributed by atoms with Crippen molar-refractivity contribution in [1.82, 2.24) is 4.98 Å². The lowest BCUT2D eigenvalue weighted by Gasteiger charge is -2.40. The zero-order valence-electron chi connectivity index (χ0n) is 10.5. The van der Waals surface area contributed by atoms with Gasteiger partial charge in [0.05, 0.1) is 11.3 Å². The van der Waals surface area contributed by atoms with Crippen molar-refractivity contribution in [3.8, 4) is 0 Å². The molecule has 92 valence electrons. The summed E-state index contributed by atoms with van der Waals surface area (Å²) in [5.74, 6) is 0.230. The molecule has 1 aromatic rings. The van der Waals surface area contributed by atoms with Crippen molar-refractivity contribution >= 4 is 5.78 Å². The number of nitrogens with zero attached hydrogens (tertiary/aromatic N) is 1. The maximum Gasteiger partial charge on any atom is 0.141 e. The van der Waals surface area contributed by atoms with Crippen LogP contribution in [0.4, 0.5) is 0 Å². The highest BCUT2D eigenvalue weighted by Crippen LogP contribution is 2.38. The van der Waals surface area contributed by atoms with Gasteiger partial charge in [0.25, 0.3) is 0 Å². The van der Waals surface area contributed by atoms with Gasteiger partial charge < -0.3 is 4.74 Å². The highest BCUT2D eigenvalue weighted by atomic mass is 16.5. The Hall–Kier alpha value is -1.22. The molecule has 1 saturated carbocycles. The van der Waals surface area contributed by atoms with Crippen LogP contribution >= 0.6 is 0 Å². The van der Waals surface area contributed by atoms with Gasteiger partial charge in [0.15, 0.2) is 0 Å². The summed E-state index contributed by atoms with van der Waals surface area (Å²) < 4.78 is 5.47. The topological polar surface area (TPSA) is 39.2 Å². The first-order chi connectivity index (χ1) is 8.15. The number of ketones is 1. The van der Waals surface area contributed by atoms with Crippen LogP contribution in [0.2, 0.25) is 0 Å². The normalized spacial score (nSPS) is 17.5. The quantitative estimate of drug-likeness (QED) is 0.784. The third kappa shape index (κ3) is 2.72. The second kappa shape index (κ2) is 4.96. The minimum atomic E-state index is -0.167. The van der Waals surface area contributed by atoms with E-state index >= 15 is 0 Å². The lowest BCUT2D eigenvalue weighted by atomic mass is 9.76. The fraction of sp³-hybridized carbons (Fsp3) is 0.571. The van der Waals surface area contributed by atoms with Crippen LogP contribution in [0.25, 0.3) is 0 Å². The summed E-state index contributed by atoms with van der Waals surface area (Å²) in [6, 6.07) is 3.89. The Kier molecular flexibility index (Phi) is 3.57. The molecular formula is C14H19NO2. The molecule has 2 rings (SSSR count). The van der Waals surface area contributed by atoms with Crippen molar-refractivity contribution in [1.29, 1.82) is 0 Å². The lowest BCUT2D eigenvalue weighted by molar-refractivity contribution is -0.131. The predicted molar refractivity (Wildman–Crippen MR) is 65.9 cm³/mol. The molecule has 3 heteroatoms. The van der Waals surface area contributed by atoms with Crippen LogP contribution in [0, 0.1) is 6.92 Å². The molecule has 0 atom stereocenters. The molecular weight excluding hydrogens is 214 g/mol. The number of aromatic nitrogens is 1. The Morgan fingerprint density at radius 2 is 2.29 bits per heavy atom. The first-order valence-corrected chi connectivity index (χ1v) is 6.12. The van der Waals surface area contributed by atoms with Gasteiger partial charge >= 0.3 is 0 Å². The summed E-state index contributed by atoms with van der Waals surface area (Å²) in [6.45, 7) is 1.99. The van der Waals surface area contributed by atoms with Crippen LogP contribution < -0.4 is 0 Å². The van der Waals surface area contributed by atoms with Crippen molar-refractivity contribution < 1.29 is 9.53 Å². The molecule has 1 aliphatic rings. The highest BCUT2D eigenvalue weighted by molar-refractivity contribution is 5.81. The predicted octanol–water partition coefficient (Wildman–Crippen LogP) is 2.46. The number of aryl methyl sites for hydroxylation is 1. The van der Waals surface area contributed by atoms with Crippen molar-refractivity contribution in [2.75, 3.05) is 7.11 Å². The highest BCUT2D eigenvalue weighted by Gasteiger charge is 2.38. The van der Waals surface area contributed by atoms with E-state index in [1.54, 1.807) is 13.3 Å². The third-order valence-electron chi connectivity index (χ3n) is 3.70. The minimum Gasteiger partial charge on any atom is -0.378 e. The summed E-state index contributed by atoms with van der Waals surface area (Å²) in [5.41, 5.74) is 1.81. The second-order valence-corrected chi connectivity index (χ2v) is 4.90. The molecule has 3 nitrogen and oxygen atoms in total. The van der Waals surface area contributed by atoms with Crippen molar-refractivity contribution in [3.63, 3.8) is 0 Å². The summed E-state index contributed by atoms with van der Waals surface area (Å²) in [4.78, 5) is 16.3. The fourth-order valence-electron chi connectivity index (χ4n) is 2.34. The molecule has 1 fully saturated rings. The van der Waals surface area contributed by atoms with E-state index in [4.69, 9.17) is 4.74 Å². The Balaban J connectivity index is 1.96. The number of hydrogen-bond acceptors (Lipinski definition) is 3. The molecule has 0 radical (unpaired) electrons. The van der Waals surface area contributed by atoms with Crippen LogP contribution in [0.15, 0.2) is 18.3 Å². The molecule has 0 saturated heterocycles. The summed E-state index contributed by atoms with van der Waals surface area (Å²) in [5, 5.41) is 0. The van der Waals surface area contributed by atoms with Crippen LogP contribution in [-0.4, -0.2) is 23.5 Å². The second-order valence-electron chi connectivity index (χ2n) is 4.90. The molecule has 0 spiro atoms. The van der Waals surface area contributed by atoms with E-state index < -0.39 is 0 Å². The molecule has 0 unspecified atom stereocenters. The van der Waals surface area contributed by atoms with Gasteiger partial charge in [-0.05, 0) is 37.8 Å². The van der Waals surface area contributed by atoms with Crippen LogP contribution in [-0.2, 0) is 16.0 Å². The lowest BCUT2D eigenvalue weighted by Crippen LogP contribution is -2.41. The standard InChI is InChI=1S/C14H19NO2/c1-11-5-3-8-15-13(11)9-12(16)10-14(17-2)6-4-7-14/h3,5,8H,4,6-7,9-10H2,1-2H3. The monoisotopic (exact) mass is 233 g/mol. The Bertz CT molecular complexity index is 405. The number of ether oxygens (including phenoxy) is 1. The van der Waals surface area contributed by atoms with E-state index in [0.29, 0.717) is 12.8 Å². The first kappa shape index (κ1) is 12.2. The van der Waals surface area contributed by atoms with Crippen molar-refractivity contribution in [2.45, 2.75) is 44.6 Å². The average Bonchev–Trinajstić information content (AvgIpc) is 2.27. The van der Waals surface area contributed by atoms with Crippen LogP contribution in [0.5, 0.6) is 0 Å². The van der Waals surface area contributed by atoms with Crippen molar-refractivity contribution in [2.24, 2.45) is 0 Å². The molecule has 1 aromatic heterocycles. The van der Waals surface area contributed by atoms with Gasteiger partial charge in [-0.2, -0.15) is 0 Å². The Morgan fingerprint density at radius 1 is 1.53 bits per heavy atom. The number of hydrogen-bond donors (Lipinski definition) is 0. The third-order valence-corrected chi connectivity index (χ3v) is 3.70. The maximum atomic E-state index is 12.0. The van der Waals surface area contributed by atoms with Crippen LogP contribution in [0.1, 0.15) is 36.9 Å². The van der Waals surface area contributed by atoms with Gasteiger partial charge in [-0.25, -0.2) is 0 Å². The smallest absolute Gasteiger partial charge is 0.141 e. The van der Waals surface area contributed by atoms with E-state index in [2.05, 4.69) is 4.98 Å². The zero-order valence-corrected chi connectivity index (χ0v) is 10.5.